The van der Waals surface area contributed by atoms with Crippen molar-refractivity contribution >= 4 is 17.7 Å². The molecule has 3 N–H and O–H groups in total. The van der Waals surface area contributed by atoms with Crippen molar-refractivity contribution in [3.63, 3.8) is 0 Å². The van der Waals surface area contributed by atoms with Crippen molar-refractivity contribution in [2.24, 2.45) is 11.7 Å². The largest absolute Gasteiger partial charge is 0.330 e. The van der Waals surface area contributed by atoms with Crippen LogP contribution in [0.25, 0.3) is 0 Å². The summed E-state index contributed by atoms with van der Waals surface area (Å²) in [4.78, 5) is 36.7. The van der Waals surface area contributed by atoms with Gasteiger partial charge in [-0.3, -0.25) is 19.7 Å². The standard InChI is InChI=1S/C12H21N3O3/c1-3-5-8(6-13)12(18)15-7-10(16)14-11(17)9(15)4-2/h8-9H,3-7,13H2,1-2H3,(H,14,16,17). The predicted octanol–water partition coefficient (Wildman–Crippen LogP) is -0.375. The Morgan fingerprint density at radius 2 is 2.17 bits per heavy atom. The highest BCUT2D eigenvalue weighted by molar-refractivity contribution is 6.04. The number of nitrogens with one attached hydrogen (secondary N) is 1. The van der Waals surface area contributed by atoms with E-state index in [0.29, 0.717) is 12.8 Å². The lowest BCUT2D eigenvalue weighted by atomic mass is 9.99. The summed E-state index contributed by atoms with van der Waals surface area (Å²) in [5.41, 5.74) is 5.59. The minimum Gasteiger partial charge on any atom is -0.330 e. The molecule has 2 atom stereocenters. The molecule has 1 aliphatic heterocycles. The van der Waals surface area contributed by atoms with Gasteiger partial charge >= 0.3 is 0 Å². The van der Waals surface area contributed by atoms with Crippen molar-refractivity contribution in [2.45, 2.75) is 39.2 Å². The van der Waals surface area contributed by atoms with Gasteiger partial charge in [0.2, 0.25) is 17.7 Å². The molecule has 0 aromatic rings. The van der Waals surface area contributed by atoms with Crippen molar-refractivity contribution in [3.8, 4) is 0 Å². The zero-order valence-corrected chi connectivity index (χ0v) is 10.9. The zero-order valence-electron chi connectivity index (χ0n) is 10.9. The van der Waals surface area contributed by atoms with Crippen molar-refractivity contribution in [1.82, 2.24) is 10.2 Å². The van der Waals surface area contributed by atoms with Crippen molar-refractivity contribution < 1.29 is 14.4 Å². The van der Waals surface area contributed by atoms with Gasteiger partial charge in [-0.2, -0.15) is 0 Å². The normalized spacial score (nSPS) is 21.7. The van der Waals surface area contributed by atoms with E-state index in [1.54, 1.807) is 0 Å². The Morgan fingerprint density at radius 1 is 1.50 bits per heavy atom. The fraction of sp³-hybridized carbons (Fsp3) is 0.750. The van der Waals surface area contributed by atoms with Crippen molar-refractivity contribution in [2.75, 3.05) is 13.1 Å². The molecule has 1 aliphatic rings. The number of rotatable bonds is 5. The van der Waals surface area contributed by atoms with Crippen LogP contribution in [-0.2, 0) is 14.4 Å². The molecule has 0 aromatic carbocycles. The van der Waals surface area contributed by atoms with E-state index in [9.17, 15) is 14.4 Å². The molecule has 0 saturated carbocycles. The van der Waals surface area contributed by atoms with E-state index < -0.39 is 17.9 Å². The van der Waals surface area contributed by atoms with Gasteiger partial charge < -0.3 is 10.6 Å². The summed E-state index contributed by atoms with van der Waals surface area (Å²) in [6.45, 7) is 3.98. The maximum Gasteiger partial charge on any atom is 0.249 e. The quantitative estimate of drug-likeness (QED) is 0.655. The Morgan fingerprint density at radius 3 is 2.67 bits per heavy atom. The van der Waals surface area contributed by atoms with E-state index in [4.69, 9.17) is 5.73 Å². The third-order valence-electron chi connectivity index (χ3n) is 3.20. The van der Waals surface area contributed by atoms with Gasteiger partial charge in [0.1, 0.15) is 12.6 Å². The fourth-order valence-electron chi connectivity index (χ4n) is 2.23. The average molecular weight is 255 g/mol. The van der Waals surface area contributed by atoms with Crippen LogP contribution in [0.4, 0.5) is 0 Å². The molecule has 0 spiro atoms. The Balaban J connectivity index is 2.85. The highest BCUT2D eigenvalue weighted by atomic mass is 16.2. The van der Waals surface area contributed by atoms with Crippen LogP contribution in [0.1, 0.15) is 33.1 Å². The van der Waals surface area contributed by atoms with E-state index >= 15 is 0 Å². The molecule has 6 nitrogen and oxygen atoms in total. The van der Waals surface area contributed by atoms with Crippen LogP contribution < -0.4 is 11.1 Å². The first-order valence-electron chi connectivity index (χ1n) is 6.39. The molecule has 1 heterocycles. The summed E-state index contributed by atoms with van der Waals surface area (Å²) in [6, 6.07) is -0.555. The Kier molecular flexibility index (Phi) is 5.27. The Hall–Kier alpha value is -1.43. The van der Waals surface area contributed by atoms with E-state index in [1.807, 2.05) is 13.8 Å². The van der Waals surface area contributed by atoms with Crippen molar-refractivity contribution in [3.05, 3.63) is 0 Å². The van der Waals surface area contributed by atoms with Gasteiger partial charge in [-0.05, 0) is 12.8 Å². The van der Waals surface area contributed by atoms with Gasteiger partial charge in [-0.1, -0.05) is 20.3 Å². The molecule has 1 saturated heterocycles. The molecule has 0 aromatic heterocycles. The highest BCUT2D eigenvalue weighted by Crippen LogP contribution is 2.16. The van der Waals surface area contributed by atoms with Crippen molar-refractivity contribution in [1.29, 1.82) is 0 Å². The second-order valence-corrected chi connectivity index (χ2v) is 4.52. The SMILES string of the molecule is CCCC(CN)C(=O)N1CC(=O)NC(=O)C1CC. The summed E-state index contributed by atoms with van der Waals surface area (Å²) in [5, 5.41) is 2.25. The summed E-state index contributed by atoms with van der Waals surface area (Å²) in [6.07, 6.45) is 2.02. The molecule has 0 aliphatic carbocycles. The van der Waals surface area contributed by atoms with E-state index in [0.717, 1.165) is 6.42 Å². The van der Waals surface area contributed by atoms with Gasteiger partial charge in [0.25, 0.3) is 0 Å². The number of hydrogen-bond acceptors (Lipinski definition) is 4. The summed E-state index contributed by atoms with van der Waals surface area (Å²) in [5.74, 6) is -1.31. The molecule has 0 radical (unpaired) electrons. The number of imide groups is 1. The minimum absolute atomic E-state index is 0.0523. The highest BCUT2D eigenvalue weighted by Gasteiger charge is 2.37. The Labute approximate surface area is 107 Å². The van der Waals surface area contributed by atoms with Crippen LogP contribution in [0, 0.1) is 5.92 Å². The fourth-order valence-corrected chi connectivity index (χ4v) is 2.23. The topological polar surface area (TPSA) is 92.5 Å². The zero-order chi connectivity index (χ0) is 13.7. The first-order valence-corrected chi connectivity index (χ1v) is 6.39. The summed E-state index contributed by atoms with van der Waals surface area (Å²) < 4.78 is 0. The number of piperazine rings is 1. The number of nitrogens with two attached hydrogens (primary N) is 1. The second kappa shape index (κ2) is 6.49. The van der Waals surface area contributed by atoms with Crippen LogP contribution in [0.5, 0.6) is 0 Å². The second-order valence-electron chi connectivity index (χ2n) is 4.52. The maximum absolute atomic E-state index is 12.3. The third kappa shape index (κ3) is 3.07. The molecule has 1 fully saturated rings. The van der Waals surface area contributed by atoms with Gasteiger partial charge in [0, 0.05) is 6.54 Å². The summed E-state index contributed by atoms with van der Waals surface area (Å²) in [7, 11) is 0. The monoisotopic (exact) mass is 255 g/mol. The molecule has 18 heavy (non-hydrogen) atoms. The number of nitrogens with zero attached hydrogens (tertiary/aromatic N) is 1. The van der Waals surface area contributed by atoms with Crippen LogP contribution >= 0.6 is 0 Å². The third-order valence-corrected chi connectivity index (χ3v) is 3.20. The van der Waals surface area contributed by atoms with E-state index in [-0.39, 0.29) is 24.9 Å². The molecule has 6 heteroatoms. The number of carbonyl (C=O) groups excluding carboxylic acids is 3. The molecular weight excluding hydrogens is 234 g/mol. The minimum atomic E-state index is -0.555. The van der Waals surface area contributed by atoms with Gasteiger partial charge in [0.05, 0.1) is 5.92 Å². The van der Waals surface area contributed by atoms with E-state index in [1.165, 1.54) is 4.90 Å². The van der Waals surface area contributed by atoms with Crippen LogP contribution in [-0.4, -0.2) is 41.8 Å². The van der Waals surface area contributed by atoms with Crippen LogP contribution in [0.3, 0.4) is 0 Å². The maximum atomic E-state index is 12.3. The number of carbonyl (C=O) groups is 3. The first-order chi connectivity index (χ1) is 8.54. The molecule has 1 rings (SSSR count). The molecule has 0 bridgehead atoms. The first kappa shape index (κ1) is 14.6. The lowest BCUT2D eigenvalue weighted by Gasteiger charge is -2.35. The van der Waals surface area contributed by atoms with Crippen LogP contribution in [0.15, 0.2) is 0 Å². The Bertz CT molecular complexity index is 343. The van der Waals surface area contributed by atoms with E-state index in [2.05, 4.69) is 5.32 Å². The van der Waals surface area contributed by atoms with Gasteiger partial charge in [0.15, 0.2) is 0 Å². The van der Waals surface area contributed by atoms with Crippen LogP contribution in [0.2, 0.25) is 0 Å². The molecule has 102 valence electrons. The number of amides is 3. The molecule has 3 amide bonds. The molecular formula is C12H21N3O3. The summed E-state index contributed by atoms with van der Waals surface area (Å²) >= 11 is 0. The average Bonchev–Trinajstić information content (AvgIpc) is 2.34. The predicted molar refractivity (Wildman–Crippen MR) is 66.4 cm³/mol. The lowest BCUT2D eigenvalue weighted by Crippen LogP contribution is -2.60. The smallest absolute Gasteiger partial charge is 0.249 e. The molecule has 2 unspecified atom stereocenters. The number of hydrogen-bond donors (Lipinski definition) is 2. The van der Waals surface area contributed by atoms with Gasteiger partial charge in [-0.25, -0.2) is 0 Å². The van der Waals surface area contributed by atoms with Gasteiger partial charge in [-0.15, -0.1) is 0 Å². The lowest BCUT2D eigenvalue weighted by molar-refractivity contribution is -0.152.